The molecule has 0 N–H and O–H groups in total. The van der Waals surface area contributed by atoms with Gasteiger partial charge in [-0.2, -0.15) is 4.31 Å². The SMILES string of the molecule is Cc1nc2ccccc2n1CC(=O)N1CCN(S(=O)(=O)Cc2ccccc2)CC1. The van der Waals surface area contributed by atoms with Crippen LogP contribution in [-0.4, -0.2) is 59.3 Å². The van der Waals surface area contributed by atoms with Crippen LogP contribution >= 0.6 is 0 Å². The summed E-state index contributed by atoms with van der Waals surface area (Å²) in [5.41, 5.74) is 2.57. The highest BCUT2D eigenvalue weighted by molar-refractivity contribution is 7.88. The second-order valence-corrected chi connectivity index (χ2v) is 9.22. The number of para-hydroxylation sites is 2. The number of nitrogens with zero attached hydrogens (tertiary/aromatic N) is 4. The predicted molar refractivity (Wildman–Crippen MR) is 112 cm³/mol. The second kappa shape index (κ2) is 7.96. The molecule has 3 aromatic rings. The number of piperazine rings is 1. The number of aryl methyl sites for hydroxylation is 1. The number of carbonyl (C=O) groups is 1. The molecule has 0 aliphatic carbocycles. The van der Waals surface area contributed by atoms with Crippen LogP contribution in [0.3, 0.4) is 0 Å². The Bertz CT molecular complexity index is 1120. The summed E-state index contributed by atoms with van der Waals surface area (Å²) >= 11 is 0. The number of carbonyl (C=O) groups excluding carboxylic acids is 1. The Morgan fingerprint density at radius 3 is 2.34 bits per heavy atom. The molecular formula is C21H24N4O3S. The van der Waals surface area contributed by atoms with Gasteiger partial charge in [0.15, 0.2) is 0 Å². The van der Waals surface area contributed by atoms with E-state index in [1.165, 1.54) is 4.31 Å². The quantitative estimate of drug-likeness (QED) is 0.643. The van der Waals surface area contributed by atoms with Crippen molar-refractivity contribution in [1.29, 1.82) is 0 Å². The molecule has 1 amide bonds. The smallest absolute Gasteiger partial charge is 0.242 e. The van der Waals surface area contributed by atoms with Crippen molar-refractivity contribution in [2.75, 3.05) is 26.2 Å². The molecule has 4 rings (SSSR count). The number of imidazole rings is 1. The molecule has 2 heterocycles. The number of fused-ring (bicyclic) bond motifs is 1. The molecule has 0 saturated carbocycles. The molecule has 152 valence electrons. The van der Waals surface area contributed by atoms with Crippen molar-refractivity contribution < 1.29 is 13.2 Å². The van der Waals surface area contributed by atoms with Gasteiger partial charge in [-0.05, 0) is 24.6 Å². The van der Waals surface area contributed by atoms with Gasteiger partial charge >= 0.3 is 0 Å². The summed E-state index contributed by atoms with van der Waals surface area (Å²) in [6.07, 6.45) is 0. The zero-order valence-electron chi connectivity index (χ0n) is 16.4. The van der Waals surface area contributed by atoms with Gasteiger partial charge in [-0.15, -0.1) is 0 Å². The molecule has 29 heavy (non-hydrogen) atoms. The summed E-state index contributed by atoms with van der Waals surface area (Å²) in [7, 11) is -3.39. The second-order valence-electron chi connectivity index (χ2n) is 7.26. The van der Waals surface area contributed by atoms with Gasteiger partial charge in [0.05, 0.1) is 16.8 Å². The summed E-state index contributed by atoms with van der Waals surface area (Å²) < 4.78 is 28.8. The third-order valence-corrected chi connectivity index (χ3v) is 7.17. The zero-order chi connectivity index (χ0) is 20.4. The normalized spacial score (nSPS) is 15.7. The first-order valence-electron chi connectivity index (χ1n) is 9.65. The third kappa shape index (κ3) is 4.18. The van der Waals surface area contributed by atoms with E-state index >= 15 is 0 Å². The lowest BCUT2D eigenvalue weighted by atomic mass is 10.2. The Kier molecular flexibility index (Phi) is 5.38. The molecule has 8 heteroatoms. The maximum absolute atomic E-state index is 12.8. The van der Waals surface area contributed by atoms with Crippen LogP contribution in [0.15, 0.2) is 54.6 Å². The molecule has 0 radical (unpaired) electrons. The predicted octanol–water partition coefficient (Wildman–Crippen LogP) is 2.02. The maximum Gasteiger partial charge on any atom is 0.242 e. The Morgan fingerprint density at radius 1 is 0.966 bits per heavy atom. The summed E-state index contributed by atoms with van der Waals surface area (Å²) in [4.78, 5) is 19.1. The Balaban J connectivity index is 1.39. The summed E-state index contributed by atoms with van der Waals surface area (Å²) in [5.74, 6) is 0.766. The van der Waals surface area contributed by atoms with E-state index in [1.807, 2.05) is 66.1 Å². The number of sulfonamides is 1. The Morgan fingerprint density at radius 2 is 1.62 bits per heavy atom. The Hall–Kier alpha value is -2.71. The average molecular weight is 413 g/mol. The molecule has 0 atom stereocenters. The molecule has 1 fully saturated rings. The average Bonchev–Trinajstić information content (AvgIpc) is 3.04. The molecule has 2 aromatic carbocycles. The van der Waals surface area contributed by atoms with Crippen LogP contribution in [-0.2, 0) is 27.1 Å². The van der Waals surface area contributed by atoms with Crippen LogP contribution in [0.25, 0.3) is 11.0 Å². The van der Waals surface area contributed by atoms with Crippen molar-refractivity contribution in [3.05, 3.63) is 66.0 Å². The lowest BCUT2D eigenvalue weighted by Gasteiger charge is -2.34. The minimum absolute atomic E-state index is 0.0119. The Labute approximate surface area is 170 Å². The third-order valence-electron chi connectivity index (χ3n) is 5.32. The van der Waals surface area contributed by atoms with E-state index in [0.29, 0.717) is 26.2 Å². The highest BCUT2D eigenvalue weighted by atomic mass is 32.2. The van der Waals surface area contributed by atoms with Gasteiger partial charge in [0.1, 0.15) is 12.4 Å². The number of hydrogen-bond acceptors (Lipinski definition) is 4. The van der Waals surface area contributed by atoms with Crippen LogP contribution in [0, 0.1) is 6.92 Å². The maximum atomic E-state index is 12.8. The minimum atomic E-state index is -3.39. The van der Waals surface area contributed by atoms with Crippen LogP contribution in [0.4, 0.5) is 0 Å². The number of aromatic nitrogens is 2. The molecular weight excluding hydrogens is 388 g/mol. The van der Waals surface area contributed by atoms with E-state index in [9.17, 15) is 13.2 Å². The number of benzene rings is 2. The van der Waals surface area contributed by atoms with Gasteiger partial charge < -0.3 is 9.47 Å². The molecule has 0 spiro atoms. The zero-order valence-corrected chi connectivity index (χ0v) is 17.2. The van der Waals surface area contributed by atoms with Crippen LogP contribution in [0.5, 0.6) is 0 Å². The fraction of sp³-hybridized carbons (Fsp3) is 0.333. The lowest BCUT2D eigenvalue weighted by molar-refractivity contribution is -0.133. The molecule has 0 unspecified atom stereocenters. The summed E-state index contributed by atoms with van der Waals surface area (Å²) in [5, 5.41) is 0. The van der Waals surface area contributed by atoms with E-state index in [-0.39, 0.29) is 18.2 Å². The number of hydrogen-bond donors (Lipinski definition) is 0. The van der Waals surface area contributed by atoms with Gasteiger partial charge in [-0.3, -0.25) is 4.79 Å². The van der Waals surface area contributed by atoms with E-state index in [1.54, 1.807) is 4.90 Å². The van der Waals surface area contributed by atoms with Crippen LogP contribution in [0.1, 0.15) is 11.4 Å². The molecule has 1 aliphatic heterocycles. The van der Waals surface area contributed by atoms with Crippen molar-refractivity contribution in [2.45, 2.75) is 19.2 Å². The fourth-order valence-corrected chi connectivity index (χ4v) is 5.24. The molecule has 1 aliphatic rings. The lowest BCUT2D eigenvalue weighted by Crippen LogP contribution is -2.51. The first-order valence-corrected chi connectivity index (χ1v) is 11.3. The van der Waals surface area contributed by atoms with Crippen molar-refractivity contribution >= 4 is 27.0 Å². The largest absolute Gasteiger partial charge is 0.339 e. The van der Waals surface area contributed by atoms with Gasteiger partial charge in [0.2, 0.25) is 15.9 Å². The number of rotatable bonds is 5. The highest BCUT2D eigenvalue weighted by Gasteiger charge is 2.29. The fourth-order valence-electron chi connectivity index (χ4n) is 3.72. The molecule has 0 bridgehead atoms. The van der Waals surface area contributed by atoms with E-state index in [0.717, 1.165) is 22.4 Å². The van der Waals surface area contributed by atoms with Crippen LogP contribution < -0.4 is 0 Å². The standard InChI is InChI=1S/C21H24N4O3S/c1-17-22-19-9-5-6-10-20(19)25(17)15-21(26)23-11-13-24(14-12-23)29(27,28)16-18-7-3-2-4-8-18/h2-10H,11-16H2,1H3. The first-order chi connectivity index (χ1) is 13.9. The van der Waals surface area contributed by atoms with Crippen molar-refractivity contribution in [2.24, 2.45) is 0 Å². The van der Waals surface area contributed by atoms with Gasteiger partial charge in [0.25, 0.3) is 0 Å². The van der Waals surface area contributed by atoms with Gasteiger partial charge in [0, 0.05) is 26.2 Å². The summed E-state index contributed by atoms with van der Waals surface area (Å²) in [6.45, 7) is 3.55. The van der Waals surface area contributed by atoms with E-state index in [4.69, 9.17) is 0 Å². The highest BCUT2D eigenvalue weighted by Crippen LogP contribution is 2.17. The molecule has 1 saturated heterocycles. The minimum Gasteiger partial charge on any atom is -0.339 e. The van der Waals surface area contributed by atoms with Crippen LogP contribution in [0.2, 0.25) is 0 Å². The number of amides is 1. The van der Waals surface area contributed by atoms with Crippen molar-refractivity contribution in [3.63, 3.8) is 0 Å². The van der Waals surface area contributed by atoms with E-state index < -0.39 is 10.0 Å². The van der Waals surface area contributed by atoms with Crippen molar-refractivity contribution in [3.8, 4) is 0 Å². The van der Waals surface area contributed by atoms with E-state index in [2.05, 4.69) is 4.98 Å². The van der Waals surface area contributed by atoms with Gasteiger partial charge in [-0.1, -0.05) is 42.5 Å². The summed E-state index contributed by atoms with van der Waals surface area (Å²) in [6, 6.07) is 16.9. The molecule has 1 aromatic heterocycles. The van der Waals surface area contributed by atoms with Gasteiger partial charge in [-0.25, -0.2) is 13.4 Å². The molecule has 7 nitrogen and oxygen atoms in total. The monoisotopic (exact) mass is 412 g/mol. The van der Waals surface area contributed by atoms with Crippen molar-refractivity contribution in [1.82, 2.24) is 18.8 Å². The first kappa shape index (κ1) is 19.6. The topological polar surface area (TPSA) is 75.5 Å².